The Morgan fingerprint density at radius 1 is 1.42 bits per heavy atom. The Kier molecular flexibility index (Phi) is 5.90. The van der Waals surface area contributed by atoms with Gasteiger partial charge >= 0.3 is 5.97 Å². The summed E-state index contributed by atoms with van der Waals surface area (Å²) in [5, 5.41) is 24.6. The van der Waals surface area contributed by atoms with Crippen LogP contribution in [0.3, 0.4) is 0 Å². The van der Waals surface area contributed by atoms with E-state index in [2.05, 4.69) is 28.8 Å². The third kappa shape index (κ3) is 5.29. The summed E-state index contributed by atoms with van der Waals surface area (Å²) in [6, 6.07) is 3.48. The fourth-order valence-electron chi connectivity index (χ4n) is 1.85. The molecule has 0 aliphatic rings. The fourth-order valence-corrected chi connectivity index (χ4v) is 1.85. The van der Waals surface area contributed by atoms with Crippen LogP contribution in [0.5, 0.6) is 0 Å². The molecule has 0 saturated carbocycles. The van der Waals surface area contributed by atoms with Gasteiger partial charge in [-0.15, -0.1) is 0 Å². The number of allylic oxidation sites excluding steroid dienone is 3. The fraction of sp³-hybridized carbons (Fsp3) is 0.278. The lowest BCUT2D eigenvalue weighted by atomic mass is 10.1. The lowest BCUT2D eigenvalue weighted by molar-refractivity contribution is 0.0698. The molecule has 0 atom stereocenters. The van der Waals surface area contributed by atoms with Gasteiger partial charge in [0.15, 0.2) is 0 Å². The normalized spacial score (nSPS) is 11.4. The number of carboxylic acids is 1. The molecule has 0 unspecified atom stereocenters. The molecule has 1 aromatic rings. The van der Waals surface area contributed by atoms with Crippen LogP contribution >= 0.6 is 0 Å². The first-order valence-electron chi connectivity index (χ1n) is 7.29. The summed E-state index contributed by atoms with van der Waals surface area (Å²) in [6.07, 6.45) is 3.03. The molecule has 6 heteroatoms. The maximum atomic E-state index is 11.7. The molecule has 0 spiro atoms. The molecule has 24 heavy (non-hydrogen) atoms. The molecular formula is C18H22N4O2. The smallest absolute Gasteiger partial charge is 0.341 e. The highest BCUT2D eigenvalue weighted by atomic mass is 16.4. The highest BCUT2D eigenvalue weighted by Gasteiger charge is 2.21. The standard InChI is InChI=1S/C18H22N4O2/c1-11(2)14(9-12(3)10-19)21-13-7-8-20-16(15(13)17(23)24)22-18(4,5)6/h7-9H,1,3H2,2,4-6H3,(H,23,24)(H2,20,21,22)/b14-9+. The van der Waals surface area contributed by atoms with Crippen molar-refractivity contribution in [2.75, 3.05) is 10.6 Å². The molecule has 1 rings (SSSR count). The first kappa shape index (κ1) is 19.0. The van der Waals surface area contributed by atoms with Gasteiger partial charge in [0, 0.05) is 23.0 Å². The van der Waals surface area contributed by atoms with Crippen molar-refractivity contribution < 1.29 is 9.90 Å². The number of anilines is 2. The molecule has 1 aromatic heterocycles. The Morgan fingerprint density at radius 2 is 2.04 bits per heavy atom. The van der Waals surface area contributed by atoms with Gasteiger partial charge in [-0.1, -0.05) is 13.2 Å². The highest BCUT2D eigenvalue weighted by Crippen LogP contribution is 2.27. The van der Waals surface area contributed by atoms with Crippen LogP contribution in [0.4, 0.5) is 11.5 Å². The van der Waals surface area contributed by atoms with Crippen LogP contribution < -0.4 is 10.6 Å². The number of carboxylic acid groups (broad SMARTS) is 1. The molecule has 0 amide bonds. The van der Waals surface area contributed by atoms with Gasteiger partial charge in [0.1, 0.15) is 11.4 Å². The van der Waals surface area contributed by atoms with Crippen LogP contribution in [0.2, 0.25) is 0 Å². The molecule has 0 aliphatic heterocycles. The number of aromatic nitrogens is 1. The minimum atomic E-state index is -1.11. The Bertz CT molecular complexity index is 749. The number of hydrogen-bond acceptors (Lipinski definition) is 5. The molecule has 0 aromatic carbocycles. The van der Waals surface area contributed by atoms with Crippen molar-refractivity contribution >= 4 is 17.5 Å². The van der Waals surface area contributed by atoms with Gasteiger partial charge in [-0.3, -0.25) is 0 Å². The third-order valence-corrected chi connectivity index (χ3v) is 2.85. The molecule has 126 valence electrons. The molecule has 0 bridgehead atoms. The van der Waals surface area contributed by atoms with E-state index in [1.807, 2.05) is 26.8 Å². The van der Waals surface area contributed by atoms with E-state index in [-0.39, 0.29) is 22.5 Å². The van der Waals surface area contributed by atoms with E-state index in [1.165, 1.54) is 12.3 Å². The predicted molar refractivity (Wildman–Crippen MR) is 95.8 cm³/mol. The molecule has 0 radical (unpaired) electrons. The maximum Gasteiger partial charge on any atom is 0.341 e. The number of nitrogens with zero attached hydrogens (tertiary/aromatic N) is 2. The second-order valence-electron chi connectivity index (χ2n) is 6.36. The summed E-state index contributed by atoms with van der Waals surface area (Å²) < 4.78 is 0. The average molecular weight is 326 g/mol. The third-order valence-electron chi connectivity index (χ3n) is 2.85. The van der Waals surface area contributed by atoms with Crippen molar-refractivity contribution in [2.45, 2.75) is 33.2 Å². The van der Waals surface area contributed by atoms with Crippen LogP contribution in [-0.4, -0.2) is 21.6 Å². The lowest BCUT2D eigenvalue weighted by Gasteiger charge is -2.23. The number of rotatable bonds is 6. The first-order valence-corrected chi connectivity index (χ1v) is 7.29. The van der Waals surface area contributed by atoms with Gasteiger partial charge in [0.25, 0.3) is 0 Å². The van der Waals surface area contributed by atoms with Crippen molar-refractivity contribution in [3.8, 4) is 6.07 Å². The highest BCUT2D eigenvalue weighted by molar-refractivity contribution is 5.99. The number of pyridine rings is 1. The zero-order valence-corrected chi connectivity index (χ0v) is 14.4. The molecule has 1 heterocycles. The second-order valence-corrected chi connectivity index (χ2v) is 6.36. The second kappa shape index (κ2) is 7.47. The van der Waals surface area contributed by atoms with Crippen molar-refractivity contribution in [1.29, 1.82) is 5.26 Å². The van der Waals surface area contributed by atoms with Gasteiger partial charge in [0.05, 0.1) is 11.8 Å². The van der Waals surface area contributed by atoms with Gasteiger partial charge in [0.2, 0.25) is 0 Å². The Hall–Kier alpha value is -3.07. The van der Waals surface area contributed by atoms with Crippen LogP contribution in [0, 0.1) is 11.3 Å². The van der Waals surface area contributed by atoms with E-state index in [1.54, 1.807) is 13.0 Å². The zero-order valence-electron chi connectivity index (χ0n) is 14.4. The number of nitriles is 1. The summed E-state index contributed by atoms with van der Waals surface area (Å²) in [6.45, 7) is 14.9. The van der Waals surface area contributed by atoms with Crippen molar-refractivity contribution in [2.24, 2.45) is 0 Å². The van der Waals surface area contributed by atoms with Gasteiger partial charge in [-0.05, 0) is 45.4 Å². The van der Waals surface area contributed by atoms with Crippen molar-refractivity contribution in [3.63, 3.8) is 0 Å². The minimum Gasteiger partial charge on any atom is -0.477 e. The summed E-state index contributed by atoms with van der Waals surface area (Å²) in [7, 11) is 0. The predicted octanol–water partition coefficient (Wildman–Crippen LogP) is 3.94. The van der Waals surface area contributed by atoms with Gasteiger partial charge in [-0.25, -0.2) is 9.78 Å². The van der Waals surface area contributed by atoms with Crippen LogP contribution in [0.25, 0.3) is 0 Å². The molecule has 6 nitrogen and oxygen atoms in total. The van der Waals surface area contributed by atoms with Crippen molar-refractivity contribution in [3.05, 3.63) is 53.9 Å². The van der Waals surface area contributed by atoms with Crippen molar-refractivity contribution in [1.82, 2.24) is 4.98 Å². The Morgan fingerprint density at radius 3 is 2.50 bits per heavy atom. The quantitative estimate of drug-likeness (QED) is 0.541. The Labute approximate surface area is 142 Å². The summed E-state index contributed by atoms with van der Waals surface area (Å²) in [5.41, 5.74) is 1.41. The summed E-state index contributed by atoms with van der Waals surface area (Å²) in [4.78, 5) is 15.9. The SMILES string of the molecule is C=C(C#N)/C=C(/Nc1ccnc(NC(C)(C)C)c1C(=O)O)C(=C)C. The number of aromatic carboxylic acids is 1. The molecular weight excluding hydrogens is 304 g/mol. The maximum absolute atomic E-state index is 11.7. The largest absolute Gasteiger partial charge is 0.477 e. The van der Waals surface area contributed by atoms with E-state index in [9.17, 15) is 9.90 Å². The average Bonchev–Trinajstić information content (AvgIpc) is 2.44. The Balaban J connectivity index is 3.38. The van der Waals surface area contributed by atoms with E-state index in [4.69, 9.17) is 5.26 Å². The van der Waals surface area contributed by atoms with E-state index in [0.717, 1.165) is 0 Å². The number of hydrogen-bond donors (Lipinski definition) is 3. The zero-order chi connectivity index (χ0) is 18.5. The van der Waals surface area contributed by atoms with Gasteiger partial charge in [-0.2, -0.15) is 5.26 Å². The number of nitrogens with one attached hydrogen (secondary N) is 2. The monoisotopic (exact) mass is 326 g/mol. The molecule has 3 N–H and O–H groups in total. The molecule has 0 saturated heterocycles. The summed E-state index contributed by atoms with van der Waals surface area (Å²) >= 11 is 0. The van der Waals surface area contributed by atoms with E-state index in [0.29, 0.717) is 17.0 Å². The lowest BCUT2D eigenvalue weighted by Crippen LogP contribution is -2.28. The van der Waals surface area contributed by atoms with E-state index < -0.39 is 5.97 Å². The van der Waals surface area contributed by atoms with Gasteiger partial charge < -0.3 is 15.7 Å². The molecule has 0 fully saturated rings. The van der Waals surface area contributed by atoms with E-state index >= 15 is 0 Å². The minimum absolute atomic E-state index is 0.0159. The van der Waals surface area contributed by atoms with Crippen LogP contribution in [-0.2, 0) is 0 Å². The topological polar surface area (TPSA) is 98.0 Å². The van der Waals surface area contributed by atoms with Crippen LogP contribution in [0.15, 0.2) is 48.3 Å². The van der Waals surface area contributed by atoms with Crippen LogP contribution in [0.1, 0.15) is 38.1 Å². The first-order chi connectivity index (χ1) is 11.0. The number of carbonyl (C=O) groups is 1. The molecule has 0 aliphatic carbocycles. The summed E-state index contributed by atoms with van der Waals surface area (Å²) in [5.74, 6) is -0.849.